The lowest BCUT2D eigenvalue weighted by Gasteiger charge is -2.43. The monoisotopic (exact) mass is 471 g/mol. The average molecular weight is 472 g/mol. The molecule has 2 aliphatic rings. The number of anilines is 2. The Morgan fingerprint density at radius 2 is 1.79 bits per heavy atom. The number of amides is 1. The van der Waals surface area contributed by atoms with Crippen LogP contribution in [0.1, 0.15) is 43.2 Å². The van der Waals surface area contributed by atoms with Crippen LogP contribution < -0.4 is 9.80 Å². The van der Waals surface area contributed by atoms with E-state index in [2.05, 4.69) is 4.85 Å². The van der Waals surface area contributed by atoms with Crippen LogP contribution in [-0.4, -0.2) is 22.8 Å². The number of unbranched alkanes of at least 4 members (excludes halogenated alkanes) is 1. The highest BCUT2D eigenvalue weighted by Gasteiger charge is 2.59. The Balaban J connectivity index is 1.70. The fourth-order valence-corrected chi connectivity index (χ4v) is 4.87. The molecule has 5 nitrogen and oxygen atoms in total. The first-order valence-corrected chi connectivity index (χ1v) is 10.9. The highest BCUT2D eigenvalue weighted by molar-refractivity contribution is 7.81. The molecule has 33 heavy (non-hydrogen) atoms. The van der Waals surface area contributed by atoms with Gasteiger partial charge >= 0.3 is 6.18 Å². The molecule has 0 aromatic heterocycles. The summed E-state index contributed by atoms with van der Waals surface area (Å²) < 4.78 is 40.5. The third-order valence-electron chi connectivity index (χ3n) is 6.24. The van der Waals surface area contributed by atoms with E-state index >= 15 is 0 Å². The molecule has 0 N–H and O–H groups in total. The lowest BCUT2D eigenvalue weighted by molar-refractivity contribution is -0.137. The number of alkyl halides is 3. The van der Waals surface area contributed by atoms with Gasteiger partial charge in [-0.3, -0.25) is 9.69 Å². The van der Waals surface area contributed by atoms with Gasteiger partial charge in [0.15, 0.2) is 10.8 Å². The minimum atomic E-state index is -4.73. The first-order chi connectivity index (χ1) is 15.7. The maximum Gasteiger partial charge on any atom is 0.407 e. The SMILES string of the molecule is [C-]#[N+]c1ccc(N2C(=O)C3(CCC3)N(c3ccc(CCCC=O)cc3)C2=S)cc1C(F)(F)F. The number of aldehydes is 1. The molecule has 1 saturated carbocycles. The largest absolute Gasteiger partial charge is 0.407 e. The van der Waals surface area contributed by atoms with Crippen LogP contribution in [0.2, 0.25) is 0 Å². The van der Waals surface area contributed by atoms with Crippen molar-refractivity contribution in [3.63, 3.8) is 0 Å². The molecular weight excluding hydrogens is 451 g/mol. The molecule has 9 heteroatoms. The number of thiocarbonyl (C=S) groups is 1. The van der Waals surface area contributed by atoms with Crippen LogP contribution >= 0.6 is 12.2 Å². The zero-order valence-electron chi connectivity index (χ0n) is 17.6. The molecule has 2 fully saturated rings. The molecule has 1 saturated heterocycles. The molecular formula is C24H20F3N3O2S. The summed E-state index contributed by atoms with van der Waals surface area (Å²) in [5.74, 6) is -0.350. The Morgan fingerprint density at radius 1 is 1.12 bits per heavy atom. The molecule has 170 valence electrons. The van der Waals surface area contributed by atoms with Crippen molar-refractivity contribution in [1.82, 2.24) is 0 Å². The topological polar surface area (TPSA) is 45.0 Å². The minimum Gasteiger partial charge on any atom is -0.303 e. The fourth-order valence-electron chi connectivity index (χ4n) is 4.40. The van der Waals surface area contributed by atoms with Crippen LogP contribution in [0.25, 0.3) is 4.85 Å². The van der Waals surface area contributed by atoms with Crippen LogP contribution in [0.4, 0.5) is 30.2 Å². The first-order valence-electron chi connectivity index (χ1n) is 10.5. The van der Waals surface area contributed by atoms with Gasteiger partial charge in [-0.15, -0.1) is 0 Å². The van der Waals surface area contributed by atoms with Crippen LogP contribution in [-0.2, 0) is 22.2 Å². The summed E-state index contributed by atoms with van der Waals surface area (Å²) >= 11 is 5.62. The van der Waals surface area contributed by atoms with E-state index in [1.54, 1.807) is 4.90 Å². The van der Waals surface area contributed by atoms with E-state index in [4.69, 9.17) is 18.8 Å². The second-order valence-corrected chi connectivity index (χ2v) is 8.55. The number of carbonyl (C=O) groups excluding carboxylic acids is 2. The van der Waals surface area contributed by atoms with Gasteiger partial charge in [0.2, 0.25) is 0 Å². The minimum absolute atomic E-state index is 0.00369. The third kappa shape index (κ3) is 3.89. The van der Waals surface area contributed by atoms with Crippen molar-refractivity contribution in [1.29, 1.82) is 0 Å². The highest BCUT2D eigenvalue weighted by atomic mass is 32.1. The molecule has 4 rings (SSSR count). The van der Waals surface area contributed by atoms with E-state index in [0.29, 0.717) is 24.9 Å². The van der Waals surface area contributed by atoms with E-state index in [1.165, 1.54) is 6.07 Å². The lowest BCUT2D eigenvalue weighted by atomic mass is 9.75. The van der Waals surface area contributed by atoms with Crippen molar-refractivity contribution in [3.05, 3.63) is 65.0 Å². The van der Waals surface area contributed by atoms with Gasteiger partial charge in [0.05, 0.1) is 12.1 Å². The van der Waals surface area contributed by atoms with E-state index in [-0.39, 0.29) is 16.7 Å². The number of halogens is 3. The number of aryl methyl sites for hydroxylation is 1. The van der Waals surface area contributed by atoms with Crippen molar-refractivity contribution < 1.29 is 22.8 Å². The summed E-state index contributed by atoms with van der Waals surface area (Å²) in [5.41, 5.74) is -0.781. The number of rotatable bonds is 6. The lowest BCUT2D eigenvalue weighted by Crippen LogP contribution is -2.55. The van der Waals surface area contributed by atoms with E-state index in [1.807, 2.05) is 24.3 Å². The quantitative estimate of drug-likeness (QED) is 0.230. The van der Waals surface area contributed by atoms with Gasteiger partial charge in [-0.05, 0) is 74.2 Å². The molecule has 2 aromatic carbocycles. The normalized spacial score (nSPS) is 17.3. The summed E-state index contributed by atoms with van der Waals surface area (Å²) in [6.07, 6.45) is 0.0339. The molecule has 0 radical (unpaired) electrons. The molecule has 1 aliphatic heterocycles. The Hall–Kier alpha value is -3.25. The smallest absolute Gasteiger partial charge is 0.303 e. The Labute approximate surface area is 194 Å². The Kier molecular flexibility index (Phi) is 5.97. The van der Waals surface area contributed by atoms with E-state index in [9.17, 15) is 22.8 Å². The van der Waals surface area contributed by atoms with Crippen molar-refractivity contribution in [2.24, 2.45) is 0 Å². The number of carbonyl (C=O) groups is 2. The van der Waals surface area contributed by atoms with E-state index < -0.39 is 23.0 Å². The maximum absolute atomic E-state index is 13.5. The van der Waals surface area contributed by atoms with Gasteiger partial charge in [-0.25, -0.2) is 4.85 Å². The van der Waals surface area contributed by atoms with Gasteiger partial charge in [0.1, 0.15) is 11.8 Å². The number of nitrogens with zero attached hydrogens (tertiary/aromatic N) is 3. The zero-order valence-corrected chi connectivity index (χ0v) is 18.4. The summed E-state index contributed by atoms with van der Waals surface area (Å²) in [7, 11) is 0. The summed E-state index contributed by atoms with van der Waals surface area (Å²) in [6.45, 7) is 7.03. The van der Waals surface area contributed by atoms with Crippen molar-refractivity contribution in [2.45, 2.75) is 50.2 Å². The van der Waals surface area contributed by atoms with Crippen LogP contribution in [0.5, 0.6) is 0 Å². The van der Waals surface area contributed by atoms with Crippen LogP contribution in [0.15, 0.2) is 42.5 Å². The molecule has 1 aliphatic carbocycles. The number of hydrogen-bond donors (Lipinski definition) is 0. The molecule has 0 unspecified atom stereocenters. The third-order valence-corrected chi connectivity index (χ3v) is 6.60. The highest BCUT2D eigenvalue weighted by Crippen LogP contribution is 2.48. The summed E-state index contributed by atoms with van der Waals surface area (Å²) in [5, 5.41) is 0.122. The summed E-state index contributed by atoms with van der Waals surface area (Å²) in [6, 6.07) is 10.8. The van der Waals surface area contributed by atoms with Gasteiger partial charge < -0.3 is 9.69 Å². The fraction of sp³-hybridized carbons (Fsp3) is 0.333. The van der Waals surface area contributed by atoms with Gasteiger partial charge in [0.25, 0.3) is 5.91 Å². The molecule has 1 heterocycles. The van der Waals surface area contributed by atoms with Crippen molar-refractivity contribution in [3.8, 4) is 0 Å². The van der Waals surface area contributed by atoms with Crippen LogP contribution in [0, 0.1) is 6.57 Å². The summed E-state index contributed by atoms with van der Waals surface area (Å²) in [4.78, 5) is 29.9. The van der Waals surface area contributed by atoms with Gasteiger partial charge in [0, 0.05) is 17.8 Å². The Morgan fingerprint density at radius 3 is 2.33 bits per heavy atom. The molecule has 0 bridgehead atoms. The van der Waals surface area contributed by atoms with Crippen molar-refractivity contribution >= 4 is 46.6 Å². The second kappa shape index (κ2) is 8.60. The molecule has 0 atom stereocenters. The predicted molar refractivity (Wildman–Crippen MR) is 122 cm³/mol. The maximum atomic E-state index is 13.5. The van der Waals surface area contributed by atoms with Crippen LogP contribution in [0.3, 0.4) is 0 Å². The Bertz CT molecular complexity index is 1150. The first kappa shape index (κ1) is 22.9. The van der Waals surface area contributed by atoms with E-state index in [0.717, 1.165) is 48.1 Å². The predicted octanol–water partition coefficient (Wildman–Crippen LogP) is 5.84. The average Bonchev–Trinajstić information content (AvgIpc) is 3.00. The number of benzene rings is 2. The van der Waals surface area contributed by atoms with Gasteiger partial charge in [-0.1, -0.05) is 18.2 Å². The second-order valence-electron chi connectivity index (χ2n) is 8.18. The number of hydrogen-bond acceptors (Lipinski definition) is 3. The van der Waals surface area contributed by atoms with Gasteiger partial charge in [-0.2, -0.15) is 13.2 Å². The molecule has 2 aromatic rings. The standard InChI is InChI=1S/C24H20F3N3O2S/c1-28-20-11-10-18(15-19(20)24(25,26)27)29-21(32)23(12-4-13-23)30(22(29)33)17-8-6-16(7-9-17)5-2-3-14-31/h6-11,14-15H,2-5,12-13H2. The van der Waals surface area contributed by atoms with Crippen molar-refractivity contribution in [2.75, 3.05) is 9.80 Å². The zero-order chi connectivity index (χ0) is 23.8. The molecule has 1 spiro atoms. The molecule has 1 amide bonds.